The molecule has 0 aromatic rings. The van der Waals surface area contributed by atoms with Gasteiger partial charge < -0.3 is 10.4 Å². The molecule has 0 fully saturated rings. The molecule has 1 atom stereocenters. The van der Waals surface area contributed by atoms with E-state index in [0.29, 0.717) is 6.04 Å². The van der Waals surface area contributed by atoms with E-state index in [4.69, 9.17) is 0 Å². The van der Waals surface area contributed by atoms with Crippen molar-refractivity contribution in [1.82, 2.24) is 5.32 Å². The Hall–Kier alpha value is 0.270. The molecule has 0 amide bonds. The van der Waals surface area contributed by atoms with Gasteiger partial charge in [0.25, 0.3) is 0 Å². The SMILES string of the molecule is CCCC(C)NCCSCC(C)(C)O. The van der Waals surface area contributed by atoms with Gasteiger partial charge in [0.1, 0.15) is 0 Å². The molecule has 2 nitrogen and oxygen atoms in total. The molecular weight excluding hydrogens is 194 g/mol. The summed E-state index contributed by atoms with van der Waals surface area (Å²) in [5.41, 5.74) is -0.528. The maximum Gasteiger partial charge on any atom is 0.0681 e. The maximum absolute atomic E-state index is 9.47. The monoisotopic (exact) mass is 219 g/mol. The van der Waals surface area contributed by atoms with Gasteiger partial charge in [0.2, 0.25) is 0 Å². The molecule has 0 rings (SSSR count). The average molecular weight is 219 g/mol. The molecule has 0 heterocycles. The van der Waals surface area contributed by atoms with Crippen LogP contribution in [0.1, 0.15) is 40.5 Å². The van der Waals surface area contributed by atoms with Crippen LogP contribution in [-0.2, 0) is 0 Å². The molecular formula is C11H25NOS. The Bertz CT molecular complexity index is 134. The van der Waals surface area contributed by atoms with Gasteiger partial charge in [0.05, 0.1) is 5.60 Å². The van der Waals surface area contributed by atoms with E-state index in [-0.39, 0.29) is 0 Å². The van der Waals surface area contributed by atoms with Gasteiger partial charge in [0.15, 0.2) is 0 Å². The summed E-state index contributed by atoms with van der Waals surface area (Å²) in [7, 11) is 0. The Balaban J connectivity index is 3.21. The summed E-state index contributed by atoms with van der Waals surface area (Å²) in [5, 5.41) is 12.9. The Morgan fingerprint density at radius 3 is 2.57 bits per heavy atom. The molecule has 2 N–H and O–H groups in total. The Labute approximate surface area is 92.9 Å². The Morgan fingerprint density at radius 1 is 1.43 bits per heavy atom. The van der Waals surface area contributed by atoms with Crippen LogP contribution in [-0.4, -0.2) is 34.8 Å². The first-order valence-electron chi connectivity index (χ1n) is 5.49. The van der Waals surface area contributed by atoms with E-state index in [0.717, 1.165) is 18.1 Å². The highest BCUT2D eigenvalue weighted by Gasteiger charge is 2.11. The molecule has 1 unspecified atom stereocenters. The van der Waals surface area contributed by atoms with Crippen molar-refractivity contribution in [2.45, 2.75) is 52.2 Å². The fraction of sp³-hybridized carbons (Fsp3) is 1.00. The smallest absolute Gasteiger partial charge is 0.0681 e. The van der Waals surface area contributed by atoms with Crippen molar-refractivity contribution >= 4 is 11.8 Å². The molecule has 0 spiro atoms. The van der Waals surface area contributed by atoms with E-state index in [9.17, 15) is 5.11 Å². The topological polar surface area (TPSA) is 32.3 Å². The van der Waals surface area contributed by atoms with Crippen molar-refractivity contribution in [3.05, 3.63) is 0 Å². The standard InChI is InChI=1S/C11H25NOS/c1-5-6-10(2)12-7-8-14-9-11(3,4)13/h10,12-13H,5-9H2,1-4H3. The number of nitrogens with one attached hydrogen (secondary N) is 1. The second kappa shape index (κ2) is 7.55. The summed E-state index contributed by atoms with van der Waals surface area (Å²) < 4.78 is 0. The predicted octanol–water partition coefficient (Wildman–Crippen LogP) is 2.27. The summed E-state index contributed by atoms with van der Waals surface area (Å²) in [6.45, 7) is 9.19. The first kappa shape index (κ1) is 14.3. The molecule has 0 aliphatic rings. The lowest BCUT2D eigenvalue weighted by Gasteiger charge is -2.17. The lowest BCUT2D eigenvalue weighted by atomic mass is 10.2. The quantitative estimate of drug-likeness (QED) is 0.614. The van der Waals surface area contributed by atoms with E-state index in [1.807, 2.05) is 25.6 Å². The largest absolute Gasteiger partial charge is 0.390 e. The van der Waals surface area contributed by atoms with Crippen molar-refractivity contribution < 1.29 is 5.11 Å². The third-order valence-corrected chi connectivity index (χ3v) is 3.32. The highest BCUT2D eigenvalue weighted by atomic mass is 32.2. The van der Waals surface area contributed by atoms with Crippen molar-refractivity contribution in [1.29, 1.82) is 0 Å². The summed E-state index contributed by atoms with van der Waals surface area (Å²) >= 11 is 1.81. The molecule has 0 radical (unpaired) electrons. The van der Waals surface area contributed by atoms with E-state index < -0.39 is 5.60 Å². The molecule has 0 aromatic carbocycles. The van der Waals surface area contributed by atoms with Crippen LogP contribution in [0.4, 0.5) is 0 Å². The van der Waals surface area contributed by atoms with Gasteiger partial charge in [-0.25, -0.2) is 0 Å². The van der Waals surface area contributed by atoms with Crippen LogP contribution in [0.25, 0.3) is 0 Å². The summed E-state index contributed by atoms with van der Waals surface area (Å²) in [6, 6.07) is 0.628. The van der Waals surface area contributed by atoms with Gasteiger partial charge in [-0.05, 0) is 27.2 Å². The molecule has 3 heteroatoms. The second-order valence-electron chi connectivity index (χ2n) is 4.51. The minimum atomic E-state index is -0.528. The van der Waals surface area contributed by atoms with Crippen molar-refractivity contribution in [2.24, 2.45) is 0 Å². The van der Waals surface area contributed by atoms with Gasteiger partial charge in [-0.1, -0.05) is 13.3 Å². The molecule has 0 aliphatic heterocycles. The molecule has 14 heavy (non-hydrogen) atoms. The van der Waals surface area contributed by atoms with Crippen LogP contribution in [0.5, 0.6) is 0 Å². The molecule has 0 aliphatic carbocycles. The van der Waals surface area contributed by atoms with Crippen molar-refractivity contribution in [3.63, 3.8) is 0 Å². The van der Waals surface area contributed by atoms with E-state index >= 15 is 0 Å². The lowest BCUT2D eigenvalue weighted by molar-refractivity contribution is 0.107. The van der Waals surface area contributed by atoms with Crippen LogP contribution < -0.4 is 5.32 Å². The van der Waals surface area contributed by atoms with Gasteiger partial charge in [-0.15, -0.1) is 0 Å². The predicted molar refractivity (Wildman–Crippen MR) is 66.0 cm³/mol. The number of aliphatic hydroxyl groups is 1. The van der Waals surface area contributed by atoms with E-state index in [1.54, 1.807) is 0 Å². The van der Waals surface area contributed by atoms with E-state index in [2.05, 4.69) is 19.2 Å². The zero-order valence-electron chi connectivity index (χ0n) is 9.97. The summed E-state index contributed by atoms with van der Waals surface area (Å²) in [6.07, 6.45) is 2.49. The molecule has 0 saturated heterocycles. The van der Waals surface area contributed by atoms with Crippen molar-refractivity contribution in [3.8, 4) is 0 Å². The van der Waals surface area contributed by atoms with Gasteiger partial charge in [-0.2, -0.15) is 11.8 Å². The van der Waals surface area contributed by atoms with Gasteiger partial charge in [0, 0.05) is 24.1 Å². The van der Waals surface area contributed by atoms with Crippen molar-refractivity contribution in [2.75, 3.05) is 18.1 Å². The second-order valence-corrected chi connectivity index (χ2v) is 5.61. The molecule has 0 saturated carbocycles. The Morgan fingerprint density at radius 2 is 2.07 bits per heavy atom. The third-order valence-electron chi connectivity index (χ3n) is 1.92. The average Bonchev–Trinajstić information content (AvgIpc) is 2.02. The van der Waals surface area contributed by atoms with E-state index in [1.165, 1.54) is 12.8 Å². The normalized spacial score (nSPS) is 14.4. The highest BCUT2D eigenvalue weighted by molar-refractivity contribution is 7.99. The lowest BCUT2D eigenvalue weighted by Crippen LogP contribution is -2.29. The molecule has 0 bridgehead atoms. The Kier molecular flexibility index (Phi) is 7.69. The minimum absolute atomic E-state index is 0.528. The highest BCUT2D eigenvalue weighted by Crippen LogP contribution is 2.11. The first-order valence-corrected chi connectivity index (χ1v) is 6.64. The summed E-state index contributed by atoms with van der Waals surface area (Å²) in [4.78, 5) is 0. The summed E-state index contributed by atoms with van der Waals surface area (Å²) in [5.74, 6) is 1.90. The molecule has 86 valence electrons. The number of hydrogen-bond donors (Lipinski definition) is 2. The number of thioether (sulfide) groups is 1. The van der Waals surface area contributed by atoms with Gasteiger partial charge in [-0.3, -0.25) is 0 Å². The maximum atomic E-state index is 9.47. The third kappa shape index (κ3) is 10.4. The zero-order chi connectivity index (χ0) is 11.0. The fourth-order valence-corrected chi connectivity index (χ4v) is 2.14. The minimum Gasteiger partial charge on any atom is -0.390 e. The van der Waals surface area contributed by atoms with Crippen LogP contribution in [0.2, 0.25) is 0 Å². The fourth-order valence-electron chi connectivity index (χ4n) is 1.23. The zero-order valence-corrected chi connectivity index (χ0v) is 10.8. The van der Waals surface area contributed by atoms with Crippen LogP contribution >= 0.6 is 11.8 Å². The first-order chi connectivity index (χ1) is 6.45. The van der Waals surface area contributed by atoms with Crippen LogP contribution in [0.15, 0.2) is 0 Å². The van der Waals surface area contributed by atoms with Crippen LogP contribution in [0.3, 0.4) is 0 Å². The number of hydrogen-bond acceptors (Lipinski definition) is 3. The molecule has 0 aromatic heterocycles. The number of rotatable bonds is 8. The van der Waals surface area contributed by atoms with Crippen LogP contribution in [0, 0.1) is 0 Å². The van der Waals surface area contributed by atoms with Gasteiger partial charge >= 0.3 is 0 Å².